The quantitative estimate of drug-likeness (QED) is 0.368. The van der Waals surface area contributed by atoms with Crippen LogP contribution in [-0.4, -0.2) is 83.3 Å². The Kier molecular flexibility index (Phi) is 8.98. The number of hydrogen-bond donors (Lipinski definition) is 2. The lowest BCUT2D eigenvalue weighted by Gasteiger charge is -2.26. The van der Waals surface area contributed by atoms with Crippen LogP contribution in [0.25, 0.3) is 0 Å². The Hall–Kier alpha value is -0.860. The second-order valence-electron chi connectivity index (χ2n) is 6.90. The first-order chi connectivity index (χ1) is 12.1. The first-order valence-corrected chi connectivity index (χ1v) is 11.4. The molecule has 2 N–H and O–H groups in total. The maximum absolute atomic E-state index is 11.4. The number of nitrogens with one attached hydrogen (secondary N) is 2. The largest absolute Gasteiger partial charge is 0.378 e. The van der Waals surface area contributed by atoms with Crippen molar-refractivity contribution in [1.29, 1.82) is 0 Å². The van der Waals surface area contributed by atoms with Crippen molar-refractivity contribution in [3.05, 3.63) is 0 Å². The topological polar surface area (TPSA) is 83.0 Å². The Bertz CT molecular complexity index is 490. The summed E-state index contributed by atoms with van der Waals surface area (Å²) >= 11 is 0. The van der Waals surface area contributed by atoms with Crippen LogP contribution in [0.4, 0.5) is 0 Å². The van der Waals surface area contributed by atoms with E-state index < -0.39 is 9.84 Å². The number of guanidine groups is 1. The summed E-state index contributed by atoms with van der Waals surface area (Å²) in [5.41, 5.74) is 0. The molecule has 0 radical (unpaired) electrons. The van der Waals surface area contributed by atoms with E-state index in [1.54, 1.807) is 7.05 Å². The molecule has 0 aromatic carbocycles. The smallest absolute Gasteiger partial charge is 0.191 e. The Morgan fingerprint density at radius 3 is 2.48 bits per heavy atom. The molecule has 0 spiro atoms. The van der Waals surface area contributed by atoms with Crippen LogP contribution in [0, 0.1) is 0 Å². The minimum absolute atomic E-state index is 0.279. The molecule has 146 valence electrons. The summed E-state index contributed by atoms with van der Waals surface area (Å²) in [5.74, 6) is 1.35. The Morgan fingerprint density at radius 2 is 1.80 bits per heavy atom. The number of sulfone groups is 1. The number of hydrogen-bond acceptors (Lipinski definition) is 5. The van der Waals surface area contributed by atoms with Crippen LogP contribution in [0.2, 0.25) is 0 Å². The highest BCUT2D eigenvalue weighted by Crippen LogP contribution is 2.20. The van der Waals surface area contributed by atoms with Gasteiger partial charge in [-0.25, -0.2) is 8.42 Å². The predicted molar refractivity (Wildman–Crippen MR) is 102 cm³/mol. The molecule has 0 amide bonds. The summed E-state index contributed by atoms with van der Waals surface area (Å²) in [6.07, 6.45) is 7.85. The standard InChI is InChI=1S/C17H34N4O3S/c1-18-17(19-8-5-13-24-16-6-3-2-4-7-16)20-9-10-21-11-14-25(22,23)15-12-21/h16H,2-15H2,1H3,(H2,18,19,20). The fourth-order valence-electron chi connectivity index (χ4n) is 3.29. The summed E-state index contributed by atoms with van der Waals surface area (Å²) in [7, 11) is -1.03. The fourth-order valence-corrected chi connectivity index (χ4v) is 4.56. The van der Waals surface area contributed by atoms with Crippen molar-refractivity contribution in [3.8, 4) is 0 Å². The van der Waals surface area contributed by atoms with Gasteiger partial charge in [-0.2, -0.15) is 0 Å². The molecule has 1 aliphatic carbocycles. The third kappa shape index (κ3) is 8.37. The SMILES string of the molecule is CN=C(NCCCOC1CCCCC1)NCCN1CCS(=O)(=O)CC1. The third-order valence-electron chi connectivity index (χ3n) is 4.90. The summed E-state index contributed by atoms with van der Waals surface area (Å²) in [5, 5.41) is 6.59. The van der Waals surface area contributed by atoms with E-state index in [4.69, 9.17) is 4.74 Å². The summed E-state index contributed by atoms with van der Waals surface area (Å²) in [4.78, 5) is 6.40. The Morgan fingerprint density at radius 1 is 1.12 bits per heavy atom. The monoisotopic (exact) mass is 374 g/mol. The van der Waals surface area contributed by atoms with Crippen LogP contribution in [0.1, 0.15) is 38.5 Å². The van der Waals surface area contributed by atoms with Crippen LogP contribution >= 0.6 is 0 Å². The highest BCUT2D eigenvalue weighted by Gasteiger charge is 2.20. The molecule has 8 heteroatoms. The van der Waals surface area contributed by atoms with E-state index in [-0.39, 0.29) is 11.5 Å². The van der Waals surface area contributed by atoms with E-state index in [0.717, 1.165) is 38.6 Å². The van der Waals surface area contributed by atoms with Gasteiger partial charge in [-0.05, 0) is 19.3 Å². The maximum atomic E-state index is 11.4. The Balaban J connectivity index is 1.49. The minimum Gasteiger partial charge on any atom is -0.378 e. The zero-order valence-corrected chi connectivity index (χ0v) is 16.3. The third-order valence-corrected chi connectivity index (χ3v) is 6.51. The molecular weight excluding hydrogens is 340 g/mol. The molecule has 2 fully saturated rings. The van der Waals surface area contributed by atoms with Gasteiger partial charge in [0.25, 0.3) is 0 Å². The van der Waals surface area contributed by atoms with Crippen molar-refractivity contribution in [3.63, 3.8) is 0 Å². The minimum atomic E-state index is -2.80. The van der Waals surface area contributed by atoms with Crippen molar-refractivity contribution in [1.82, 2.24) is 15.5 Å². The molecule has 0 bridgehead atoms. The fraction of sp³-hybridized carbons (Fsp3) is 0.941. The molecule has 0 aromatic rings. The van der Waals surface area contributed by atoms with E-state index in [9.17, 15) is 8.42 Å². The van der Waals surface area contributed by atoms with E-state index in [2.05, 4.69) is 20.5 Å². The van der Waals surface area contributed by atoms with E-state index in [0.29, 0.717) is 19.2 Å². The summed E-state index contributed by atoms with van der Waals surface area (Å²) in [6, 6.07) is 0. The number of nitrogens with zero attached hydrogens (tertiary/aromatic N) is 2. The van der Waals surface area contributed by atoms with E-state index in [1.165, 1.54) is 32.1 Å². The van der Waals surface area contributed by atoms with Crippen molar-refractivity contribution in [2.45, 2.75) is 44.6 Å². The van der Waals surface area contributed by atoms with Gasteiger partial charge in [0.15, 0.2) is 15.8 Å². The molecule has 2 rings (SSSR count). The van der Waals surface area contributed by atoms with Crippen LogP contribution in [0.5, 0.6) is 0 Å². The molecule has 0 atom stereocenters. The molecule has 1 saturated heterocycles. The lowest BCUT2D eigenvalue weighted by atomic mass is 9.98. The van der Waals surface area contributed by atoms with Crippen LogP contribution in [-0.2, 0) is 14.6 Å². The van der Waals surface area contributed by atoms with Crippen molar-refractivity contribution >= 4 is 15.8 Å². The highest BCUT2D eigenvalue weighted by atomic mass is 32.2. The molecule has 7 nitrogen and oxygen atoms in total. The summed E-state index contributed by atoms with van der Waals surface area (Å²) < 4.78 is 28.8. The van der Waals surface area contributed by atoms with Gasteiger partial charge < -0.3 is 15.4 Å². The lowest BCUT2D eigenvalue weighted by Crippen LogP contribution is -2.46. The zero-order valence-electron chi connectivity index (χ0n) is 15.5. The molecule has 1 aliphatic heterocycles. The average Bonchev–Trinajstić information content (AvgIpc) is 2.62. The summed E-state index contributed by atoms with van der Waals surface area (Å²) in [6.45, 7) is 4.51. The average molecular weight is 375 g/mol. The number of ether oxygens (including phenoxy) is 1. The molecule has 25 heavy (non-hydrogen) atoms. The first kappa shape index (κ1) is 20.5. The van der Waals surface area contributed by atoms with Gasteiger partial charge in [-0.15, -0.1) is 0 Å². The van der Waals surface area contributed by atoms with Gasteiger partial charge in [0, 0.05) is 46.4 Å². The highest BCUT2D eigenvalue weighted by molar-refractivity contribution is 7.91. The van der Waals surface area contributed by atoms with Crippen molar-refractivity contribution < 1.29 is 13.2 Å². The van der Waals surface area contributed by atoms with Gasteiger partial charge in [-0.3, -0.25) is 9.89 Å². The first-order valence-electron chi connectivity index (χ1n) is 9.58. The maximum Gasteiger partial charge on any atom is 0.191 e. The molecule has 1 saturated carbocycles. The lowest BCUT2D eigenvalue weighted by molar-refractivity contribution is 0.0277. The van der Waals surface area contributed by atoms with Gasteiger partial charge in [0.2, 0.25) is 0 Å². The second kappa shape index (κ2) is 11.0. The van der Waals surface area contributed by atoms with E-state index in [1.807, 2.05) is 0 Å². The van der Waals surface area contributed by atoms with Crippen molar-refractivity contribution in [2.24, 2.45) is 4.99 Å². The second-order valence-corrected chi connectivity index (χ2v) is 9.21. The normalized spacial score (nSPS) is 22.7. The molecule has 0 unspecified atom stereocenters. The van der Waals surface area contributed by atoms with Crippen LogP contribution in [0.3, 0.4) is 0 Å². The molecular formula is C17H34N4O3S. The number of aliphatic imine (C=N–C) groups is 1. The predicted octanol–water partition coefficient (Wildman–Crippen LogP) is 0.621. The number of rotatable bonds is 8. The molecule has 1 heterocycles. The molecule has 0 aromatic heterocycles. The van der Waals surface area contributed by atoms with Gasteiger partial charge in [0.05, 0.1) is 17.6 Å². The zero-order chi connectivity index (χ0) is 18.0. The van der Waals surface area contributed by atoms with Gasteiger partial charge in [-0.1, -0.05) is 19.3 Å². The van der Waals surface area contributed by atoms with Gasteiger partial charge >= 0.3 is 0 Å². The van der Waals surface area contributed by atoms with Crippen molar-refractivity contribution in [2.75, 3.05) is 57.9 Å². The van der Waals surface area contributed by atoms with Crippen LogP contribution < -0.4 is 10.6 Å². The van der Waals surface area contributed by atoms with Crippen LogP contribution in [0.15, 0.2) is 4.99 Å². The van der Waals surface area contributed by atoms with E-state index >= 15 is 0 Å². The van der Waals surface area contributed by atoms with Gasteiger partial charge in [0.1, 0.15) is 0 Å². The molecule has 2 aliphatic rings. The Labute approximate surface area is 152 Å².